The zero-order valence-electron chi connectivity index (χ0n) is 22.4. The summed E-state index contributed by atoms with van der Waals surface area (Å²) in [4.78, 5) is 30.4. The Morgan fingerprint density at radius 3 is 2.16 bits per heavy atom. The molecule has 2 saturated heterocycles. The Labute approximate surface area is 224 Å². The minimum atomic E-state index is -0.697. The van der Waals surface area contributed by atoms with E-state index in [1.807, 2.05) is 31.2 Å². The number of Topliss-reactive ketones (excluding diaryl/α,β-unsaturated/α-hetero) is 1. The molecule has 0 radical (unpaired) electrons. The molecule has 1 N–H and O–H groups in total. The second kappa shape index (κ2) is 13.4. The summed E-state index contributed by atoms with van der Waals surface area (Å²) in [5.41, 5.74) is 1.31. The third-order valence-corrected chi connectivity index (χ3v) is 6.86. The van der Waals surface area contributed by atoms with E-state index in [9.17, 15) is 14.7 Å². The number of unbranched alkanes of at least 4 members (excludes halogenated alkanes) is 1. The van der Waals surface area contributed by atoms with Crippen LogP contribution in [0.25, 0.3) is 5.76 Å². The van der Waals surface area contributed by atoms with Gasteiger partial charge in [0.1, 0.15) is 17.3 Å². The van der Waals surface area contributed by atoms with Gasteiger partial charge in [-0.25, -0.2) is 0 Å². The molecule has 1 unspecified atom stereocenters. The third kappa shape index (κ3) is 6.55. The molecule has 0 spiro atoms. The number of amides is 1. The van der Waals surface area contributed by atoms with Crippen molar-refractivity contribution in [2.45, 2.75) is 39.2 Å². The molecule has 0 aliphatic carbocycles. The molecule has 2 aliphatic rings. The summed E-state index contributed by atoms with van der Waals surface area (Å²) in [6.45, 7) is 9.22. The molecule has 2 aromatic carbocycles. The summed E-state index contributed by atoms with van der Waals surface area (Å²) in [6.07, 6.45) is 2.89. The number of carbonyl (C=O) groups is 2. The zero-order valence-corrected chi connectivity index (χ0v) is 22.4. The molecular weight excluding hydrogens is 484 g/mol. The van der Waals surface area contributed by atoms with Crippen LogP contribution in [-0.4, -0.2) is 79.2 Å². The van der Waals surface area contributed by atoms with Gasteiger partial charge in [-0.1, -0.05) is 32.4 Å². The van der Waals surface area contributed by atoms with Gasteiger partial charge < -0.3 is 24.2 Å². The second-order valence-corrected chi connectivity index (χ2v) is 9.59. The van der Waals surface area contributed by atoms with Crippen molar-refractivity contribution < 1.29 is 28.9 Å². The molecule has 2 aliphatic heterocycles. The summed E-state index contributed by atoms with van der Waals surface area (Å²) in [7, 11) is 0. The molecule has 2 aromatic rings. The number of likely N-dealkylation sites (tertiary alicyclic amines) is 1. The minimum absolute atomic E-state index is 0.0962. The second-order valence-electron chi connectivity index (χ2n) is 9.59. The van der Waals surface area contributed by atoms with Crippen LogP contribution in [0.1, 0.15) is 50.3 Å². The van der Waals surface area contributed by atoms with E-state index in [2.05, 4.69) is 11.8 Å². The van der Waals surface area contributed by atoms with Crippen LogP contribution in [0.2, 0.25) is 0 Å². The number of ketones is 1. The Morgan fingerprint density at radius 1 is 0.895 bits per heavy atom. The predicted octanol–water partition coefficient (Wildman–Crippen LogP) is 4.41. The highest BCUT2D eigenvalue weighted by Gasteiger charge is 2.46. The summed E-state index contributed by atoms with van der Waals surface area (Å²) < 4.78 is 16.9. The highest BCUT2D eigenvalue weighted by Crippen LogP contribution is 2.40. The van der Waals surface area contributed by atoms with E-state index in [1.54, 1.807) is 29.2 Å². The van der Waals surface area contributed by atoms with Gasteiger partial charge in [-0.15, -0.1) is 0 Å². The van der Waals surface area contributed by atoms with Crippen molar-refractivity contribution in [2.24, 2.45) is 0 Å². The van der Waals surface area contributed by atoms with Gasteiger partial charge in [-0.3, -0.25) is 14.5 Å². The third-order valence-electron chi connectivity index (χ3n) is 6.86. The first-order valence-electron chi connectivity index (χ1n) is 13.6. The Hall–Kier alpha value is -3.36. The highest BCUT2D eigenvalue weighted by atomic mass is 16.5. The Bertz CT molecular complexity index is 1110. The van der Waals surface area contributed by atoms with Crippen molar-refractivity contribution in [2.75, 3.05) is 52.6 Å². The number of hydrogen-bond donors (Lipinski definition) is 1. The maximum atomic E-state index is 13.3. The Kier molecular flexibility index (Phi) is 9.79. The van der Waals surface area contributed by atoms with Crippen LogP contribution in [0.15, 0.2) is 54.1 Å². The maximum absolute atomic E-state index is 13.3. The smallest absolute Gasteiger partial charge is 0.295 e. The first-order valence-corrected chi connectivity index (χ1v) is 13.6. The van der Waals surface area contributed by atoms with E-state index in [4.69, 9.17) is 14.2 Å². The molecule has 204 valence electrons. The van der Waals surface area contributed by atoms with Crippen LogP contribution >= 0.6 is 0 Å². The Balaban J connectivity index is 1.64. The molecule has 8 nitrogen and oxygen atoms in total. The molecule has 2 fully saturated rings. The highest BCUT2D eigenvalue weighted by molar-refractivity contribution is 6.46. The van der Waals surface area contributed by atoms with E-state index < -0.39 is 17.7 Å². The van der Waals surface area contributed by atoms with E-state index in [-0.39, 0.29) is 11.3 Å². The fraction of sp³-hybridized carbons (Fsp3) is 0.467. The first kappa shape index (κ1) is 27.7. The molecule has 1 amide bonds. The molecule has 1 atom stereocenters. The van der Waals surface area contributed by atoms with Crippen molar-refractivity contribution in [3.05, 3.63) is 65.2 Å². The molecular formula is C30H38N2O6. The maximum Gasteiger partial charge on any atom is 0.295 e. The van der Waals surface area contributed by atoms with Crippen molar-refractivity contribution in [1.29, 1.82) is 0 Å². The lowest BCUT2D eigenvalue weighted by Gasteiger charge is -2.31. The largest absolute Gasteiger partial charge is 0.507 e. The van der Waals surface area contributed by atoms with Gasteiger partial charge in [0.25, 0.3) is 11.7 Å². The number of ether oxygens (including phenoxy) is 3. The molecule has 2 heterocycles. The summed E-state index contributed by atoms with van der Waals surface area (Å²) in [6, 6.07) is 13.7. The lowest BCUT2D eigenvalue weighted by Crippen LogP contribution is -2.42. The van der Waals surface area contributed by atoms with Crippen LogP contribution in [0, 0.1) is 0 Å². The zero-order chi connectivity index (χ0) is 26.9. The molecule has 38 heavy (non-hydrogen) atoms. The number of aliphatic hydroxyl groups excluding tert-OH is 1. The van der Waals surface area contributed by atoms with Gasteiger partial charge in [-0.2, -0.15) is 0 Å². The van der Waals surface area contributed by atoms with Gasteiger partial charge in [0.15, 0.2) is 0 Å². The first-order chi connectivity index (χ1) is 18.5. The van der Waals surface area contributed by atoms with Crippen molar-refractivity contribution in [3.63, 3.8) is 0 Å². The van der Waals surface area contributed by atoms with E-state index >= 15 is 0 Å². The molecule has 0 aromatic heterocycles. The number of aliphatic hydroxyl groups is 1. The average molecular weight is 523 g/mol. The SMILES string of the molecule is CCCCOc1ccc(C(O)=C2C(=O)C(=O)N(CCN3CCOCC3)C2c2ccc(OCCC)cc2)cc1. The number of morpholine rings is 1. The lowest BCUT2D eigenvalue weighted by molar-refractivity contribution is -0.140. The van der Waals surface area contributed by atoms with Crippen molar-refractivity contribution in [1.82, 2.24) is 9.80 Å². The van der Waals surface area contributed by atoms with Crippen LogP contribution in [-0.2, 0) is 14.3 Å². The fourth-order valence-corrected chi connectivity index (χ4v) is 4.70. The van der Waals surface area contributed by atoms with Gasteiger partial charge in [0.2, 0.25) is 0 Å². The number of rotatable bonds is 12. The molecule has 0 saturated carbocycles. The monoisotopic (exact) mass is 522 g/mol. The van der Waals surface area contributed by atoms with Crippen molar-refractivity contribution in [3.8, 4) is 11.5 Å². The molecule has 8 heteroatoms. The van der Waals surface area contributed by atoms with Crippen LogP contribution in [0.4, 0.5) is 0 Å². The summed E-state index contributed by atoms with van der Waals surface area (Å²) in [5, 5.41) is 11.3. The number of hydrogen-bond acceptors (Lipinski definition) is 7. The van der Waals surface area contributed by atoms with E-state index in [0.717, 1.165) is 43.7 Å². The van der Waals surface area contributed by atoms with Crippen molar-refractivity contribution >= 4 is 17.4 Å². The van der Waals surface area contributed by atoms with Gasteiger partial charge >= 0.3 is 0 Å². The van der Waals surface area contributed by atoms with Gasteiger partial charge in [0, 0.05) is 31.7 Å². The molecule has 0 bridgehead atoms. The average Bonchev–Trinajstić information content (AvgIpc) is 3.21. The topological polar surface area (TPSA) is 88.5 Å². The van der Waals surface area contributed by atoms with E-state index in [0.29, 0.717) is 50.8 Å². The number of carbonyl (C=O) groups excluding carboxylic acids is 2. The van der Waals surface area contributed by atoms with Crippen LogP contribution in [0.5, 0.6) is 11.5 Å². The normalized spacial score (nSPS) is 19.6. The Morgan fingerprint density at radius 2 is 1.53 bits per heavy atom. The standard InChI is InChI=1S/C30H38N2O6/c1-3-5-19-38-25-12-8-23(9-13-25)28(33)26-27(22-6-10-24(11-7-22)37-18-4-2)32(30(35)29(26)34)15-14-31-16-20-36-21-17-31/h6-13,27,33H,3-5,14-21H2,1-2H3. The lowest BCUT2D eigenvalue weighted by atomic mass is 9.95. The van der Waals surface area contributed by atoms with Gasteiger partial charge in [-0.05, 0) is 54.8 Å². The minimum Gasteiger partial charge on any atom is -0.507 e. The van der Waals surface area contributed by atoms with E-state index in [1.165, 1.54) is 0 Å². The van der Waals surface area contributed by atoms with Crippen LogP contribution in [0.3, 0.4) is 0 Å². The quantitative estimate of drug-likeness (QED) is 0.191. The van der Waals surface area contributed by atoms with Crippen LogP contribution < -0.4 is 9.47 Å². The molecule has 4 rings (SSSR count). The fourth-order valence-electron chi connectivity index (χ4n) is 4.70. The van der Waals surface area contributed by atoms with Gasteiger partial charge in [0.05, 0.1) is 38.0 Å². The number of nitrogens with zero attached hydrogens (tertiary/aromatic N) is 2. The summed E-state index contributed by atoms with van der Waals surface area (Å²) in [5.74, 6) is -0.0481. The predicted molar refractivity (Wildman–Crippen MR) is 145 cm³/mol. The number of benzene rings is 2. The summed E-state index contributed by atoms with van der Waals surface area (Å²) >= 11 is 0.